The van der Waals surface area contributed by atoms with Crippen molar-refractivity contribution in [2.45, 2.75) is 13.5 Å². The molecule has 0 aliphatic heterocycles. The highest BCUT2D eigenvalue weighted by atomic mass is 79.9. The van der Waals surface area contributed by atoms with Gasteiger partial charge in [0.05, 0.1) is 5.56 Å². The van der Waals surface area contributed by atoms with Crippen molar-refractivity contribution in [3.8, 4) is 0 Å². The van der Waals surface area contributed by atoms with Crippen molar-refractivity contribution in [1.82, 2.24) is 0 Å². The molecule has 1 rings (SSSR count). The molecule has 0 saturated heterocycles. The molecular weight excluding hydrogens is 234 g/mol. The largest absolute Gasteiger partial charge is 0.380 e. The van der Waals surface area contributed by atoms with E-state index in [1.54, 1.807) is 12.1 Å². The van der Waals surface area contributed by atoms with Crippen LogP contribution in [-0.2, 0) is 10.4 Å². The second kappa shape index (κ2) is 4.39. The number of hydrogen-bond acceptors (Lipinski definition) is 3. The van der Waals surface area contributed by atoms with Crippen LogP contribution in [0.15, 0.2) is 18.2 Å². The van der Waals surface area contributed by atoms with Gasteiger partial charge in [0.15, 0.2) is 16.3 Å². The molecule has 0 bridgehead atoms. The molecule has 3 nitrogen and oxygen atoms in total. The molecule has 1 aromatic carbocycles. The van der Waals surface area contributed by atoms with Gasteiger partial charge in [0, 0.05) is 6.54 Å². The zero-order valence-electron chi connectivity index (χ0n) is 7.21. The molecule has 0 radical (unpaired) electrons. The van der Waals surface area contributed by atoms with E-state index in [-0.39, 0.29) is 0 Å². The van der Waals surface area contributed by atoms with Gasteiger partial charge >= 0.3 is 5.97 Å². The SMILES string of the molecule is Cc1ccc(C(=O)OBr)cc1CN. The monoisotopic (exact) mass is 243 g/mol. The first-order chi connectivity index (χ1) is 6.19. The summed E-state index contributed by atoms with van der Waals surface area (Å²) in [7, 11) is 0. The lowest BCUT2D eigenvalue weighted by Crippen LogP contribution is -2.03. The minimum absolute atomic E-state index is 0.408. The van der Waals surface area contributed by atoms with Crippen LogP contribution < -0.4 is 5.73 Å². The molecule has 1 aromatic rings. The van der Waals surface area contributed by atoms with Crippen LogP contribution in [0, 0.1) is 6.92 Å². The molecule has 70 valence electrons. The standard InChI is InChI=1S/C9H10BrNO2/c1-6-2-3-7(9(12)13-10)4-8(6)5-11/h2-4H,5,11H2,1H3. The minimum Gasteiger partial charge on any atom is -0.380 e. The summed E-state index contributed by atoms with van der Waals surface area (Å²) in [5.74, 6) is -0.408. The van der Waals surface area contributed by atoms with Gasteiger partial charge in [-0.25, -0.2) is 4.79 Å². The van der Waals surface area contributed by atoms with Crippen molar-refractivity contribution >= 4 is 22.2 Å². The highest BCUT2D eigenvalue weighted by Gasteiger charge is 2.07. The lowest BCUT2D eigenvalue weighted by atomic mass is 10.1. The third-order valence-electron chi connectivity index (χ3n) is 1.87. The molecule has 0 atom stereocenters. The van der Waals surface area contributed by atoms with E-state index in [0.29, 0.717) is 12.1 Å². The molecule has 13 heavy (non-hydrogen) atoms. The summed E-state index contributed by atoms with van der Waals surface area (Å²) in [5.41, 5.74) is 8.03. The van der Waals surface area contributed by atoms with Crippen LogP contribution in [0.2, 0.25) is 0 Å². The number of hydrogen-bond donors (Lipinski definition) is 1. The molecule has 4 heteroatoms. The number of halogens is 1. The summed E-state index contributed by atoms with van der Waals surface area (Å²) in [5, 5.41) is 0. The highest BCUT2D eigenvalue weighted by molar-refractivity contribution is 9.06. The van der Waals surface area contributed by atoms with E-state index in [4.69, 9.17) is 5.73 Å². The van der Waals surface area contributed by atoms with Crippen LogP contribution in [0.4, 0.5) is 0 Å². The molecule has 0 amide bonds. The normalized spacial score (nSPS) is 9.77. The number of nitrogens with two attached hydrogens (primary N) is 1. The number of benzene rings is 1. The van der Waals surface area contributed by atoms with E-state index < -0.39 is 5.97 Å². The van der Waals surface area contributed by atoms with Crippen molar-refractivity contribution in [2.75, 3.05) is 0 Å². The summed E-state index contributed by atoms with van der Waals surface area (Å²) in [6.07, 6.45) is 0. The predicted molar refractivity (Wildman–Crippen MR) is 53.4 cm³/mol. The first-order valence-electron chi connectivity index (χ1n) is 3.81. The van der Waals surface area contributed by atoms with Gasteiger partial charge in [0.25, 0.3) is 0 Å². The average Bonchev–Trinajstić information content (AvgIpc) is 2.17. The third kappa shape index (κ3) is 2.29. The Morgan fingerprint density at radius 2 is 2.31 bits per heavy atom. The Bertz CT molecular complexity index is 325. The Hall–Kier alpha value is -0.870. The maximum Gasteiger partial charge on any atom is 0.349 e. The maximum absolute atomic E-state index is 11.1. The van der Waals surface area contributed by atoms with E-state index in [1.807, 2.05) is 13.0 Å². The molecule has 0 aliphatic rings. The van der Waals surface area contributed by atoms with E-state index in [9.17, 15) is 4.79 Å². The summed E-state index contributed by atoms with van der Waals surface area (Å²) in [6.45, 7) is 2.38. The first-order valence-corrected chi connectivity index (χ1v) is 4.46. The van der Waals surface area contributed by atoms with Gasteiger partial charge < -0.3 is 9.56 Å². The van der Waals surface area contributed by atoms with Crippen molar-refractivity contribution in [2.24, 2.45) is 5.73 Å². The zero-order valence-corrected chi connectivity index (χ0v) is 8.80. The van der Waals surface area contributed by atoms with Crippen LogP contribution >= 0.6 is 16.3 Å². The van der Waals surface area contributed by atoms with Crippen LogP contribution in [0.1, 0.15) is 21.5 Å². The molecule has 0 aliphatic carbocycles. The molecule has 0 fully saturated rings. The van der Waals surface area contributed by atoms with Gasteiger partial charge in [-0.1, -0.05) is 6.07 Å². The van der Waals surface area contributed by atoms with Gasteiger partial charge in [-0.05, 0) is 30.2 Å². The Morgan fingerprint density at radius 3 is 2.85 bits per heavy atom. The maximum atomic E-state index is 11.1. The first kappa shape index (κ1) is 10.2. The fraction of sp³-hybridized carbons (Fsp3) is 0.222. The number of carbonyl (C=O) groups is 1. The fourth-order valence-corrected chi connectivity index (χ4v) is 1.25. The zero-order chi connectivity index (χ0) is 9.84. The quantitative estimate of drug-likeness (QED) is 0.864. The average molecular weight is 244 g/mol. The Morgan fingerprint density at radius 1 is 1.62 bits per heavy atom. The number of carbonyl (C=O) groups excluding carboxylic acids is 1. The Balaban J connectivity index is 3.06. The van der Waals surface area contributed by atoms with Crippen molar-refractivity contribution in [3.63, 3.8) is 0 Å². The number of aryl methyl sites for hydroxylation is 1. The van der Waals surface area contributed by atoms with Gasteiger partial charge in [-0.15, -0.1) is 0 Å². The second-order valence-corrected chi connectivity index (χ2v) is 3.03. The molecule has 0 unspecified atom stereocenters. The topological polar surface area (TPSA) is 52.3 Å². The minimum atomic E-state index is -0.408. The van der Waals surface area contributed by atoms with E-state index in [2.05, 4.69) is 20.1 Å². The van der Waals surface area contributed by atoms with Crippen LogP contribution in [0.5, 0.6) is 0 Å². The van der Waals surface area contributed by atoms with E-state index >= 15 is 0 Å². The molecule has 0 saturated carbocycles. The third-order valence-corrected chi connectivity index (χ3v) is 2.17. The van der Waals surface area contributed by atoms with E-state index in [1.165, 1.54) is 0 Å². The van der Waals surface area contributed by atoms with Gasteiger partial charge in [0.2, 0.25) is 0 Å². The molecule has 0 spiro atoms. The summed E-state index contributed by atoms with van der Waals surface area (Å²) >= 11 is 2.64. The van der Waals surface area contributed by atoms with Crippen molar-refractivity contribution in [3.05, 3.63) is 34.9 Å². The summed E-state index contributed by atoms with van der Waals surface area (Å²) in [6, 6.07) is 5.29. The van der Waals surface area contributed by atoms with Crippen LogP contribution in [0.25, 0.3) is 0 Å². The highest BCUT2D eigenvalue weighted by Crippen LogP contribution is 2.12. The molecular formula is C9H10BrNO2. The van der Waals surface area contributed by atoms with Crippen LogP contribution in [-0.4, -0.2) is 5.97 Å². The van der Waals surface area contributed by atoms with Crippen molar-refractivity contribution < 1.29 is 8.62 Å². The molecule has 0 aromatic heterocycles. The van der Waals surface area contributed by atoms with Gasteiger partial charge in [-0.2, -0.15) is 0 Å². The fourth-order valence-electron chi connectivity index (χ4n) is 1.06. The van der Waals surface area contributed by atoms with Gasteiger partial charge in [0.1, 0.15) is 0 Å². The number of rotatable bonds is 2. The van der Waals surface area contributed by atoms with Crippen LogP contribution in [0.3, 0.4) is 0 Å². The van der Waals surface area contributed by atoms with Crippen molar-refractivity contribution in [1.29, 1.82) is 0 Å². The summed E-state index contributed by atoms with van der Waals surface area (Å²) in [4.78, 5) is 11.1. The molecule has 0 heterocycles. The predicted octanol–water partition coefficient (Wildman–Crippen LogP) is 1.92. The smallest absolute Gasteiger partial charge is 0.349 e. The summed E-state index contributed by atoms with van der Waals surface area (Å²) < 4.78 is 4.41. The van der Waals surface area contributed by atoms with Gasteiger partial charge in [-0.3, -0.25) is 0 Å². The van der Waals surface area contributed by atoms with E-state index in [0.717, 1.165) is 11.1 Å². The lowest BCUT2D eigenvalue weighted by Gasteiger charge is -2.04. The Labute approximate surface area is 85.3 Å². The molecule has 2 N–H and O–H groups in total. The second-order valence-electron chi connectivity index (χ2n) is 2.71. The lowest BCUT2D eigenvalue weighted by molar-refractivity contribution is 0.0782. The Kier molecular flexibility index (Phi) is 3.45.